The third kappa shape index (κ3) is 4.09. The maximum Gasteiger partial charge on any atom is 0.304 e. The van der Waals surface area contributed by atoms with E-state index in [1.54, 1.807) is 0 Å². The van der Waals surface area contributed by atoms with E-state index in [4.69, 9.17) is 5.11 Å². The maximum absolute atomic E-state index is 10.4. The van der Waals surface area contributed by atoms with Crippen molar-refractivity contribution in [3.63, 3.8) is 0 Å². The Balaban J connectivity index is 2.26. The zero-order valence-corrected chi connectivity index (χ0v) is 9.04. The first-order chi connectivity index (χ1) is 6.70. The number of hydrogen-bond donors (Lipinski definition) is 1. The Hall–Kier alpha value is -0.570. The molecular weight excluding hydrogens is 178 g/mol. The summed E-state index contributed by atoms with van der Waals surface area (Å²) >= 11 is 0. The van der Waals surface area contributed by atoms with Gasteiger partial charge in [-0.15, -0.1) is 0 Å². The number of hydrogen-bond acceptors (Lipinski definition) is 2. The number of rotatable bonds is 4. The molecule has 3 heteroatoms. The van der Waals surface area contributed by atoms with Gasteiger partial charge in [0.25, 0.3) is 0 Å². The van der Waals surface area contributed by atoms with E-state index in [0.717, 1.165) is 0 Å². The number of nitrogens with zero attached hydrogens (tertiary/aromatic N) is 1. The van der Waals surface area contributed by atoms with Gasteiger partial charge >= 0.3 is 5.97 Å². The van der Waals surface area contributed by atoms with Crippen molar-refractivity contribution in [3.05, 3.63) is 0 Å². The molecule has 0 radical (unpaired) electrons. The normalized spacial score (nSPS) is 19.6. The highest BCUT2D eigenvalue weighted by atomic mass is 16.4. The minimum absolute atomic E-state index is 0.271. The summed E-state index contributed by atoms with van der Waals surface area (Å²) in [6.45, 7) is 0.694. The molecule has 3 nitrogen and oxygen atoms in total. The average Bonchev–Trinajstić information content (AvgIpc) is 2.42. The van der Waals surface area contributed by atoms with Crippen LogP contribution in [0.4, 0.5) is 0 Å². The smallest absolute Gasteiger partial charge is 0.304 e. The van der Waals surface area contributed by atoms with E-state index >= 15 is 0 Å². The maximum atomic E-state index is 10.4. The van der Waals surface area contributed by atoms with Gasteiger partial charge < -0.3 is 10.0 Å². The quantitative estimate of drug-likeness (QED) is 0.705. The lowest BCUT2D eigenvalue weighted by atomic mass is 10.1. The van der Waals surface area contributed by atoms with Crippen LogP contribution in [0.2, 0.25) is 0 Å². The van der Waals surface area contributed by atoms with Crippen LogP contribution in [0.25, 0.3) is 0 Å². The van der Waals surface area contributed by atoms with Crippen molar-refractivity contribution in [1.29, 1.82) is 0 Å². The van der Waals surface area contributed by atoms with Crippen molar-refractivity contribution in [1.82, 2.24) is 4.90 Å². The topological polar surface area (TPSA) is 40.5 Å². The SMILES string of the molecule is CN(CCC(=O)O)C1CCCCCC1. The second-order valence-electron chi connectivity index (χ2n) is 4.27. The molecule has 0 heterocycles. The van der Waals surface area contributed by atoms with E-state index in [1.165, 1.54) is 38.5 Å². The third-order valence-electron chi connectivity index (χ3n) is 3.13. The Labute approximate surface area is 86.1 Å². The molecule has 0 bridgehead atoms. The molecule has 0 saturated heterocycles. The molecule has 0 unspecified atom stereocenters. The van der Waals surface area contributed by atoms with Crippen LogP contribution in [0.5, 0.6) is 0 Å². The van der Waals surface area contributed by atoms with Crippen molar-refractivity contribution >= 4 is 5.97 Å². The van der Waals surface area contributed by atoms with E-state index in [2.05, 4.69) is 11.9 Å². The van der Waals surface area contributed by atoms with Crippen molar-refractivity contribution in [2.24, 2.45) is 0 Å². The minimum Gasteiger partial charge on any atom is -0.481 e. The lowest BCUT2D eigenvalue weighted by Crippen LogP contribution is -2.33. The Morgan fingerprint density at radius 2 is 1.86 bits per heavy atom. The first kappa shape index (κ1) is 11.5. The summed E-state index contributed by atoms with van der Waals surface area (Å²) in [6, 6.07) is 0.622. The molecule has 0 aromatic heterocycles. The van der Waals surface area contributed by atoms with Gasteiger partial charge in [-0.25, -0.2) is 0 Å². The molecule has 0 amide bonds. The van der Waals surface area contributed by atoms with E-state index in [-0.39, 0.29) is 6.42 Å². The summed E-state index contributed by atoms with van der Waals surface area (Å²) < 4.78 is 0. The minimum atomic E-state index is -0.689. The first-order valence-electron chi connectivity index (χ1n) is 5.62. The van der Waals surface area contributed by atoms with Crippen LogP contribution in [-0.2, 0) is 4.79 Å². The van der Waals surface area contributed by atoms with Gasteiger partial charge in [0.05, 0.1) is 6.42 Å². The molecule has 1 N–H and O–H groups in total. The molecule has 1 aliphatic rings. The number of carboxylic acids is 1. The molecule has 82 valence electrons. The van der Waals surface area contributed by atoms with Crippen LogP contribution < -0.4 is 0 Å². The molecule has 1 aliphatic carbocycles. The summed E-state index contributed by atoms with van der Waals surface area (Å²) in [5, 5.41) is 8.59. The lowest BCUT2D eigenvalue weighted by molar-refractivity contribution is -0.137. The highest BCUT2D eigenvalue weighted by molar-refractivity contribution is 5.66. The Bertz CT molecular complexity index is 174. The first-order valence-corrected chi connectivity index (χ1v) is 5.62. The predicted molar refractivity (Wildman–Crippen MR) is 56.4 cm³/mol. The summed E-state index contributed by atoms with van der Waals surface area (Å²) in [5.74, 6) is -0.689. The van der Waals surface area contributed by atoms with Crippen LogP contribution in [0, 0.1) is 0 Å². The molecule has 1 rings (SSSR count). The number of carbonyl (C=O) groups is 1. The molecule has 1 saturated carbocycles. The van der Waals surface area contributed by atoms with Gasteiger partial charge in [-0.3, -0.25) is 4.79 Å². The van der Waals surface area contributed by atoms with Gasteiger partial charge in [-0.2, -0.15) is 0 Å². The molecule has 0 spiro atoms. The molecule has 0 aliphatic heterocycles. The van der Waals surface area contributed by atoms with Gasteiger partial charge in [0, 0.05) is 12.6 Å². The van der Waals surface area contributed by atoms with Crippen molar-refractivity contribution < 1.29 is 9.90 Å². The molecule has 0 aromatic rings. The van der Waals surface area contributed by atoms with Gasteiger partial charge in [0.1, 0.15) is 0 Å². The van der Waals surface area contributed by atoms with Crippen LogP contribution >= 0.6 is 0 Å². The van der Waals surface area contributed by atoms with Crippen LogP contribution in [0.1, 0.15) is 44.9 Å². The summed E-state index contributed by atoms with van der Waals surface area (Å²) in [6.07, 6.45) is 8.08. The average molecular weight is 199 g/mol. The van der Waals surface area contributed by atoms with Gasteiger partial charge in [0.2, 0.25) is 0 Å². The summed E-state index contributed by atoms with van der Waals surface area (Å²) in [4.78, 5) is 12.6. The zero-order chi connectivity index (χ0) is 10.4. The third-order valence-corrected chi connectivity index (χ3v) is 3.13. The lowest BCUT2D eigenvalue weighted by Gasteiger charge is -2.26. The Kier molecular flexibility index (Phi) is 4.94. The van der Waals surface area contributed by atoms with Crippen LogP contribution in [-0.4, -0.2) is 35.6 Å². The van der Waals surface area contributed by atoms with Crippen molar-refractivity contribution in [3.8, 4) is 0 Å². The van der Waals surface area contributed by atoms with E-state index in [1.807, 2.05) is 0 Å². The highest BCUT2D eigenvalue weighted by Crippen LogP contribution is 2.20. The number of carboxylic acid groups (broad SMARTS) is 1. The monoisotopic (exact) mass is 199 g/mol. The van der Waals surface area contributed by atoms with Gasteiger partial charge in [-0.1, -0.05) is 25.7 Å². The second-order valence-corrected chi connectivity index (χ2v) is 4.27. The molecule has 14 heavy (non-hydrogen) atoms. The molecule has 0 aromatic carbocycles. The van der Waals surface area contributed by atoms with Gasteiger partial charge in [0.15, 0.2) is 0 Å². The fourth-order valence-electron chi connectivity index (χ4n) is 2.15. The largest absolute Gasteiger partial charge is 0.481 e. The zero-order valence-electron chi connectivity index (χ0n) is 9.04. The second kappa shape index (κ2) is 6.02. The van der Waals surface area contributed by atoms with Crippen LogP contribution in [0.15, 0.2) is 0 Å². The summed E-state index contributed by atoms with van der Waals surface area (Å²) in [5.41, 5.74) is 0. The van der Waals surface area contributed by atoms with E-state index < -0.39 is 5.97 Å². The van der Waals surface area contributed by atoms with E-state index in [9.17, 15) is 4.79 Å². The van der Waals surface area contributed by atoms with Crippen molar-refractivity contribution in [2.75, 3.05) is 13.6 Å². The molecule has 1 fully saturated rings. The Morgan fingerprint density at radius 3 is 2.36 bits per heavy atom. The predicted octanol–water partition coefficient (Wildman–Crippen LogP) is 2.12. The highest BCUT2D eigenvalue weighted by Gasteiger charge is 2.16. The van der Waals surface area contributed by atoms with Gasteiger partial charge in [-0.05, 0) is 19.9 Å². The molecule has 0 atom stereocenters. The van der Waals surface area contributed by atoms with Crippen molar-refractivity contribution in [2.45, 2.75) is 51.0 Å². The standard InChI is InChI=1S/C11H21NO2/c1-12(9-8-11(13)14)10-6-4-2-3-5-7-10/h10H,2-9H2,1H3,(H,13,14). The fraction of sp³-hybridized carbons (Fsp3) is 0.909. The molecular formula is C11H21NO2. The summed E-state index contributed by atoms with van der Waals surface area (Å²) in [7, 11) is 2.05. The number of aliphatic carboxylic acids is 1. The van der Waals surface area contributed by atoms with E-state index in [0.29, 0.717) is 12.6 Å². The Morgan fingerprint density at radius 1 is 1.29 bits per heavy atom. The fourth-order valence-corrected chi connectivity index (χ4v) is 2.15. The van der Waals surface area contributed by atoms with Crippen LogP contribution in [0.3, 0.4) is 0 Å².